The molecule has 0 atom stereocenters. The van der Waals surface area contributed by atoms with Crippen LogP contribution in [0.4, 0.5) is 13.2 Å². The van der Waals surface area contributed by atoms with Crippen LogP contribution in [0.25, 0.3) is 0 Å². The summed E-state index contributed by atoms with van der Waals surface area (Å²) in [5.74, 6) is 0.0604. The lowest BCUT2D eigenvalue weighted by Gasteiger charge is -2.37. The van der Waals surface area contributed by atoms with Crippen LogP contribution in [0.2, 0.25) is 0 Å². The Labute approximate surface area is 148 Å². The van der Waals surface area contributed by atoms with Crippen LogP contribution >= 0.6 is 15.9 Å². The second-order valence-corrected chi connectivity index (χ2v) is 7.17. The predicted molar refractivity (Wildman–Crippen MR) is 90.8 cm³/mol. The smallest absolute Gasteiger partial charge is 0.340 e. The average Bonchev–Trinajstić information content (AvgIpc) is 2.52. The Kier molecular flexibility index (Phi) is 6.31. The molecule has 0 aliphatic carbocycles. The normalized spacial score (nSPS) is 16.7. The SMILES string of the molecule is CC(C)N1CCN(C(=O)CCc2ccc(C(F)(F)F)cc2Br)CC1. The molecule has 0 bridgehead atoms. The summed E-state index contributed by atoms with van der Waals surface area (Å²) in [6, 6.07) is 4.05. The van der Waals surface area contributed by atoms with Gasteiger partial charge in [0.1, 0.15) is 0 Å². The van der Waals surface area contributed by atoms with E-state index in [0.29, 0.717) is 36.4 Å². The molecular weight excluding hydrogens is 385 g/mol. The highest BCUT2D eigenvalue weighted by atomic mass is 79.9. The molecule has 1 aliphatic heterocycles. The van der Waals surface area contributed by atoms with E-state index in [-0.39, 0.29) is 5.91 Å². The van der Waals surface area contributed by atoms with Crippen molar-refractivity contribution in [2.75, 3.05) is 26.2 Å². The van der Waals surface area contributed by atoms with Crippen molar-refractivity contribution < 1.29 is 18.0 Å². The predicted octanol–water partition coefficient (Wildman–Crippen LogP) is 3.95. The van der Waals surface area contributed by atoms with Gasteiger partial charge in [0.05, 0.1) is 5.56 Å². The standard InChI is InChI=1S/C17H22BrF3N2O/c1-12(2)22-7-9-23(10-8-22)16(24)6-4-13-3-5-14(11-15(13)18)17(19,20)21/h3,5,11-12H,4,6-10H2,1-2H3. The Hall–Kier alpha value is -1.08. The van der Waals surface area contributed by atoms with E-state index >= 15 is 0 Å². The molecule has 0 unspecified atom stereocenters. The second-order valence-electron chi connectivity index (χ2n) is 6.31. The van der Waals surface area contributed by atoms with Crippen LogP contribution in [0.5, 0.6) is 0 Å². The van der Waals surface area contributed by atoms with Gasteiger partial charge in [-0.05, 0) is 38.0 Å². The first-order valence-electron chi connectivity index (χ1n) is 8.06. The molecule has 0 N–H and O–H groups in total. The number of halogens is 4. The Balaban J connectivity index is 1.88. The number of carbonyl (C=O) groups excluding carboxylic acids is 1. The molecule has 1 fully saturated rings. The van der Waals surface area contributed by atoms with Crippen LogP contribution in [-0.2, 0) is 17.4 Å². The number of amides is 1. The molecule has 1 aromatic rings. The van der Waals surface area contributed by atoms with E-state index in [1.165, 1.54) is 6.07 Å². The highest BCUT2D eigenvalue weighted by Gasteiger charge is 2.30. The Bertz CT molecular complexity index is 582. The maximum atomic E-state index is 12.7. The summed E-state index contributed by atoms with van der Waals surface area (Å²) in [6.45, 7) is 7.44. The van der Waals surface area contributed by atoms with Gasteiger partial charge in [-0.3, -0.25) is 9.69 Å². The minimum atomic E-state index is -4.35. The minimum Gasteiger partial charge on any atom is -0.340 e. The van der Waals surface area contributed by atoms with Gasteiger partial charge in [0.2, 0.25) is 5.91 Å². The number of hydrogen-bond donors (Lipinski definition) is 0. The van der Waals surface area contributed by atoms with Gasteiger partial charge in [-0.25, -0.2) is 0 Å². The van der Waals surface area contributed by atoms with E-state index in [1.807, 2.05) is 4.90 Å². The van der Waals surface area contributed by atoms with Crippen molar-refractivity contribution in [3.8, 4) is 0 Å². The molecule has 0 spiro atoms. The molecule has 7 heteroatoms. The fourth-order valence-electron chi connectivity index (χ4n) is 2.81. The first kappa shape index (κ1) is 19.2. The summed E-state index contributed by atoms with van der Waals surface area (Å²) in [4.78, 5) is 16.5. The number of hydrogen-bond acceptors (Lipinski definition) is 2. The molecule has 0 saturated carbocycles. The number of rotatable bonds is 4. The lowest BCUT2D eigenvalue weighted by molar-refractivity contribution is -0.137. The third-order valence-corrected chi connectivity index (χ3v) is 5.12. The van der Waals surface area contributed by atoms with E-state index in [4.69, 9.17) is 0 Å². The molecular formula is C17H22BrF3N2O. The van der Waals surface area contributed by atoms with Gasteiger partial charge in [-0.15, -0.1) is 0 Å². The molecule has 134 valence electrons. The number of carbonyl (C=O) groups is 1. The first-order valence-corrected chi connectivity index (χ1v) is 8.85. The summed E-state index contributed by atoms with van der Waals surface area (Å²) >= 11 is 3.18. The van der Waals surface area contributed by atoms with E-state index in [9.17, 15) is 18.0 Å². The largest absolute Gasteiger partial charge is 0.416 e. The van der Waals surface area contributed by atoms with E-state index in [0.717, 1.165) is 30.8 Å². The lowest BCUT2D eigenvalue weighted by Crippen LogP contribution is -2.50. The Morgan fingerprint density at radius 1 is 1.21 bits per heavy atom. The van der Waals surface area contributed by atoms with Crippen LogP contribution in [0.3, 0.4) is 0 Å². The Morgan fingerprint density at radius 3 is 2.33 bits per heavy atom. The third-order valence-electron chi connectivity index (χ3n) is 4.39. The maximum absolute atomic E-state index is 12.7. The average molecular weight is 407 g/mol. The third kappa shape index (κ3) is 4.96. The maximum Gasteiger partial charge on any atom is 0.416 e. The van der Waals surface area contributed by atoms with Crippen LogP contribution < -0.4 is 0 Å². The second kappa shape index (κ2) is 7.87. The molecule has 24 heavy (non-hydrogen) atoms. The molecule has 1 amide bonds. The van der Waals surface area contributed by atoms with E-state index < -0.39 is 11.7 Å². The minimum absolute atomic E-state index is 0.0604. The van der Waals surface area contributed by atoms with Gasteiger partial charge in [0, 0.05) is 43.1 Å². The van der Waals surface area contributed by atoms with Crippen molar-refractivity contribution in [3.05, 3.63) is 33.8 Å². The van der Waals surface area contributed by atoms with E-state index in [2.05, 4.69) is 34.7 Å². The fraction of sp³-hybridized carbons (Fsp3) is 0.588. The van der Waals surface area contributed by atoms with Crippen molar-refractivity contribution in [2.24, 2.45) is 0 Å². The van der Waals surface area contributed by atoms with Crippen LogP contribution in [-0.4, -0.2) is 47.9 Å². The van der Waals surface area contributed by atoms with Crippen LogP contribution in [0, 0.1) is 0 Å². The molecule has 1 aliphatic rings. The van der Waals surface area contributed by atoms with Gasteiger partial charge in [-0.1, -0.05) is 22.0 Å². The number of piperazine rings is 1. The molecule has 1 aromatic carbocycles. The van der Waals surface area contributed by atoms with Crippen molar-refractivity contribution in [1.29, 1.82) is 0 Å². The summed E-state index contributed by atoms with van der Waals surface area (Å²) in [7, 11) is 0. The van der Waals surface area contributed by atoms with Crippen molar-refractivity contribution >= 4 is 21.8 Å². The molecule has 3 nitrogen and oxygen atoms in total. The number of aryl methyl sites for hydroxylation is 1. The van der Waals surface area contributed by atoms with Crippen LogP contribution in [0.1, 0.15) is 31.4 Å². The molecule has 1 saturated heterocycles. The molecule has 0 aromatic heterocycles. The van der Waals surface area contributed by atoms with Gasteiger partial charge < -0.3 is 4.90 Å². The van der Waals surface area contributed by atoms with Gasteiger partial charge in [0.15, 0.2) is 0 Å². The van der Waals surface area contributed by atoms with Crippen molar-refractivity contribution in [2.45, 2.75) is 38.9 Å². The topological polar surface area (TPSA) is 23.6 Å². The van der Waals surface area contributed by atoms with Crippen molar-refractivity contribution in [3.63, 3.8) is 0 Å². The van der Waals surface area contributed by atoms with Gasteiger partial charge in [-0.2, -0.15) is 13.2 Å². The molecule has 0 radical (unpaired) electrons. The van der Waals surface area contributed by atoms with Gasteiger partial charge >= 0.3 is 6.18 Å². The summed E-state index contributed by atoms with van der Waals surface area (Å²) in [5, 5.41) is 0. The first-order chi connectivity index (χ1) is 11.2. The highest BCUT2D eigenvalue weighted by Crippen LogP contribution is 2.32. The monoisotopic (exact) mass is 406 g/mol. The summed E-state index contributed by atoms with van der Waals surface area (Å²) < 4.78 is 38.4. The number of benzene rings is 1. The Morgan fingerprint density at radius 2 is 1.83 bits per heavy atom. The van der Waals surface area contributed by atoms with Gasteiger partial charge in [0.25, 0.3) is 0 Å². The highest BCUT2D eigenvalue weighted by molar-refractivity contribution is 9.10. The quantitative estimate of drug-likeness (QED) is 0.755. The number of nitrogens with zero attached hydrogens (tertiary/aromatic N) is 2. The van der Waals surface area contributed by atoms with E-state index in [1.54, 1.807) is 0 Å². The summed E-state index contributed by atoms with van der Waals surface area (Å²) in [5.41, 5.74) is 0.0337. The zero-order valence-electron chi connectivity index (χ0n) is 13.9. The molecule has 2 rings (SSSR count). The summed E-state index contributed by atoms with van der Waals surface area (Å²) in [6.07, 6.45) is -3.61. The molecule has 1 heterocycles. The fourth-order valence-corrected chi connectivity index (χ4v) is 3.39. The lowest BCUT2D eigenvalue weighted by atomic mass is 10.1. The van der Waals surface area contributed by atoms with Crippen LogP contribution in [0.15, 0.2) is 22.7 Å². The number of alkyl halides is 3. The van der Waals surface area contributed by atoms with Crippen molar-refractivity contribution in [1.82, 2.24) is 9.80 Å². The zero-order chi connectivity index (χ0) is 17.9. The zero-order valence-corrected chi connectivity index (χ0v) is 15.5.